The highest BCUT2D eigenvalue weighted by atomic mass is 35.5. The number of carbonyl (C=O) groups is 2. The van der Waals surface area contributed by atoms with Crippen molar-refractivity contribution in [2.24, 2.45) is 0 Å². The van der Waals surface area contributed by atoms with E-state index in [9.17, 15) is 9.59 Å². The zero-order valence-corrected chi connectivity index (χ0v) is 18.1. The van der Waals surface area contributed by atoms with Crippen molar-refractivity contribution >= 4 is 40.2 Å². The maximum Gasteiger partial charge on any atom is 0.413 e. The normalized spacial score (nSPS) is 11.7. The largest absolute Gasteiger partial charge is 0.413 e. The maximum absolute atomic E-state index is 13.1. The molecule has 1 atom stereocenters. The molecule has 1 aromatic heterocycles. The number of fused-ring (bicyclic) bond motifs is 1. The van der Waals surface area contributed by atoms with Crippen LogP contribution in [0.15, 0.2) is 79.0 Å². The van der Waals surface area contributed by atoms with Crippen molar-refractivity contribution in [1.82, 2.24) is 10.3 Å². The summed E-state index contributed by atoms with van der Waals surface area (Å²) in [6.45, 7) is 1.88. The fraction of sp³-hybridized carbons (Fsp3) is 0.120. The van der Waals surface area contributed by atoms with E-state index in [1.165, 1.54) is 0 Å². The summed E-state index contributed by atoms with van der Waals surface area (Å²) in [4.78, 5) is 28.8. The Labute approximate surface area is 190 Å². The lowest BCUT2D eigenvalue weighted by molar-refractivity contribution is -0.118. The molecule has 2 amide bonds. The van der Waals surface area contributed by atoms with Gasteiger partial charge in [-0.2, -0.15) is 0 Å². The van der Waals surface area contributed by atoms with Crippen molar-refractivity contribution in [3.63, 3.8) is 0 Å². The number of amides is 2. The van der Waals surface area contributed by atoms with Gasteiger partial charge in [0.25, 0.3) is 0 Å². The molecule has 4 rings (SSSR count). The van der Waals surface area contributed by atoms with Crippen molar-refractivity contribution in [2.75, 3.05) is 5.32 Å². The third-order valence-corrected chi connectivity index (χ3v) is 5.51. The van der Waals surface area contributed by atoms with Crippen LogP contribution >= 0.6 is 11.6 Å². The molecule has 0 bridgehead atoms. The van der Waals surface area contributed by atoms with Gasteiger partial charge in [0.15, 0.2) is 0 Å². The number of nitrogens with one attached hydrogen (secondary N) is 3. The van der Waals surface area contributed by atoms with Crippen LogP contribution in [0.5, 0.6) is 5.75 Å². The number of hydrogen-bond acceptors (Lipinski definition) is 3. The van der Waals surface area contributed by atoms with Gasteiger partial charge in [0, 0.05) is 34.2 Å². The van der Waals surface area contributed by atoms with Crippen LogP contribution in [0.1, 0.15) is 11.1 Å². The maximum atomic E-state index is 13.1. The molecule has 0 radical (unpaired) electrons. The molecule has 6 nitrogen and oxygen atoms in total. The molecule has 0 fully saturated rings. The number of anilines is 1. The molecule has 0 aliphatic heterocycles. The van der Waals surface area contributed by atoms with Gasteiger partial charge in [-0.05, 0) is 48.4 Å². The third kappa shape index (κ3) is 5.10. The van der Waals surface area contributed by atoms with Gasteiger partial charge in [0.1, 0.15) is 11.8 Å². The zero-order chi connectivity index (χ0) is 22.5. The molecule has 0 aliphatic carbocycles. The second kappa shape index (κ2) is 9.58. The van der Waals surface area contributed by atoms with E-state index in [-0.39, 0.29) is 12.3 Å². The number of rotatable bonds is 6. The van der Waals surface area contributed by atoms with Gasteiger partial charge in [0.2, 0.25) is 5.91 Å². The fourth-order valence-electron chi connectivity index (χ4n) is 3.40. The Hall–Kier alpha value is -3.77. The van der Waals surface area contributed by atoms with Crippen LogP contribution in [-0.4, -0.2) is 23.0 Å². The van der Waals surface area contributed by atoms with E-state index in [0.29, 0.717) is 16.5 Å². The molecule has 1 heterocycles. The molecule has 3 aromatic carbocycles. The quantitative estimate of drug-likeness (QED) is 0.366. The number of H-pyrrole nitrogens is 1. The molecule has 3 N–H and O–H groups in total. The lowest BCUT2D eigenvalue weighted by atomic mass is 10.0. The summed E-state index contributed by atoms with van der Waals surface area (Å²) in [6.07, 6.45) is 1.41. The fourth-order valence-corrected chi connectivity index (χ4v) is 3.58. The second-order valence-corrected chi connectivity index (χ2v) is 7.82. The summed E-state index contributed by atoms with van der Waals surface area (Å²) in [5.74, 6) is 0.0155. The topological polar surface area (TPSA) is 83.2 Å². The molecule has 0 saturated carbocycles. The molecule has 162 valence electrons. The van der Waals surface area contributed by atoms with E-state index in [0.717, 1.165) is 22.0 Å². The van der Waals surface area contributed by atoms with Crippen molar-refractivity contribution < 1.29 is 14.3 Å². The summed E-state index contributed by atoms with van der Waals surface area (Å²) >= 11 is 6.19. The van der Waals surface area contributed by atoms with Crippen LogP contribution in [0.25, 0.3) is 10.9 Å². The van der Waals surface area contributed by atoms with Crippen LogP contribution in [0.3, 0.4) is 0 Å². The molecule has 7 heteroatoms. The Bertz CT molecular complexity index is 1250. The molecule has 0 unspecified atom stereocenters. The summed E-state index contributed by atoms with van der Waals surface area (Å²) in [6, 6.07) is 20.9. The highest BCUT2D eigenvalue weighted by molar-refractivity contribution is 6.31. The van der Waals surface area contributed by atoms with Gasteiger partial charge in [-0.3, -0.25) is 4.79 Å². The predicted molar refractivity (Wildman–Crippen MR) is 126 cm³/mol. The van der Waals surface area contributed by atoms with Crippen LogP contribution in [0.4, 0.5) is 10.5 Å². The Kier molecular flexibility index (Phi) is 6.42. The van der Waals surface area contributed by atoms with E-state index < -0.39 is 12.1 Å². The number of aryl methyl sites for hydroxylation is 1. The monoisotopic (exact) mass is 447 g/mol. The number of aromatic amines is 1. The minimum Gasteiger partial charge on any atom is -0.410 e. The standard InChI is InChI=1S/C25H22ClN3O3/c1-16-11-12-18(14-21(16)26)28-24(30)23(29-25(31)32-19-7-3-2-4-8-19)13-17-15-27-22-10-6-5-9-20(17)22/h2-12,14-15,23,27H,13H2,1H3,(H,28,30)(H,29,31)/t23-/m1/s1. The second-order valence-electron chi connectivity index (χ2n) is 7.42. The van der Waals surface area contributed by atoms with Crippen molar-refractivity contribution in [3.8, 4) is 5.75 Å². The number of hydrogen-bond donors (Lipinski definition) is 3. The zero-order valence-electron chi connectivity index (χ0n) is 17.4. The number of benzene rings is 3. The van der Waals surface area contributed by atoms with Crippen LogP contribution in [0.2, 0.25) is 5.02 Å². The highest BCUT2D eigenvalue weighted by Crippen LogP contribution is 2.22. The first kappa shape index (κ1) is 21.5. The Balaban J connectivity index is 1.55. The Morgan fingerprint density at radius 1 is 1.03 bits per heavy atom. The van der Waals surface area contributed by atoms with E-state index in [2.05, 4.69) is 15.6 Å². The van der Waals surface area contributed by atoms with E-state index in [4.69, 9.17) is 16.3 Å². The number of aromatic nitrogens is 1. The highest BCUT2D eigenvalue weighted by Gasteiger charge is 2.24. The molecule has 0 saturated heterocycles. The van der Waals surface area contributed by atoms with Crippen molar-refractivity contribution in [2.45, 2.75) is 19.4 Å². The van der Waals surface area contributed by atoms with Crippen molar-refractivity contribution in [3.05, 3.63) is 95.1 Å². The first-order chi connectivity index (χ1) is 15.5. The number of halogens is 1. The van der Waals surface area contributed by atoms with Crippen LogP contribution in [-0.2, 0) is 11.2 Å². The molecule has 4 aromatic rings. The summed E-state index contributed by atoms with van der Waals surface area (Å²) < 4.78 is 5.33. The van der Waals surface area contributed by atoms with Gasteiger partial charge < -0.3 is 20.4 Å². The summed E-state index contributed by atoms with van der Waals surface area (Å²) in [5, 5.41) is 7.07. The average molecular weight is 448 g/mol. The summed E-state index contributed by atoms with van der Waals surface area (Å²) in [7, 11) is 0. The SMILES string of the molecule is Cc1ccc(NC(=O)[C@@H](Cc2c[nH]c3ccccc23)NC(=O)Oc2ccccc2)cc1Cl. The molecular weight excluding hydrogens is 426 g/mol. The first-order valence-electron chi connectivity index (χ1n) is 10.1. The number of ether oxygens (including phenoxy) is 1. The predicted octanol–water partition coefficient (Wildman–Crippen LogP) is 5.47. The van der Waals surface area contributed by atoms with Gasteiger partial charge >= 0.3 is 6.09 Å². The van der Waals surface area contributed by atoms with Gasteiger partial charge in [0.05, 0.1) is 0 Å². The molecule has 0 spiro atoms. The van der Waals surface area contributed by atoms with E-state index in [1.807, 2.05) is 49.5 Å². The van der Waals surface area contributed by atoms with E-state index >= 15 is 0 Å². The molecule has 32 heavy (non-hydrogen) atoms. The minimum atomic E-state index is -0.870. The van der Waals surface area contributed by atoms with Crippen LogP contribution in [0, 0.1) is 6.92 Å². The lowest BCUT2D eigenvalue weighted by Gasteiger charge is -2.18. The van der Waals surface area contributed by atoms with Gasteiger partial charge in [-0.1, -0.05) is 54.1 Å². The smallest absolute Gasteiger partial charge is 0.410 e. The van der Waals surface area contributed by atoms with E-state index in [1.54, 1.807) is 36.4 Å². The average Bonchev–Trinajstić information content (AvgIpc) is 3.19. The first-order valence-corrected chi connectivity index (χ1v) is 10.5. The van der Waals surface area contributed by atoms with Gasteiger partial charge in [-0.25, -0.2) is 4.79 Å². The third-order valence-electron chi connectivity index (χ3n) is 5.10. The van der Waals surface area contributed by atoms with Crippen LogP contribution < -0.4 is 15.4 Å². The Morgan fingerprint density at radius 2 is 1.78 bits per heavy atom. The minimum absolute atomic E-state index is 0.277. The molecule has 0 aliphatic rings. The Morgan fingerprint density at radius 3 is 2.56 bits per heavy atom. The lowest BCUT2D eigenvalue weighted by Crippen LogP contribution is -2.46. The number of para-hydroxylation sites is 2. The van der Waals surface area contributed by atoms with Gasteiger partial charge in [-0.15, -0.1) is 0 Å². The number of carbonyl (C=O) groups excluding carboxylic acids is 2. The van der Waals surface area contributed by atoms with Crippen molar-refractivity contribution in [1.29, 1.82) is 0 Å². The molecular formula is C25H22ClN3O3. The summed E-state index contributed by atoms with van der Waals surface area (Å²) in [5.41, 5.74) is 3.32.